The highest BCUT2D eigenvalue weighted by atomic mass is 19.4. The van der Waals surface area contributed by atoms with Gasteiger partial charge in [-0.2, -0.15) is 13.2 Å². The van der Waals surface area contributed by atoms with Crippen LogP contribution < -0.4 is 5.73 Å². The SMILES string of the molecule is NC(=O)C1=Nc2ncncc2C1.O=C(O)C(F)(F)F. The maximum Gasteiger partial charge on any atom is 0.490 e. The number of halogens is 3. The van der Waals surface area contributed by atoms with Gasteiger partial charge in [0.25, 0.3) is 5.91 Å². The van der Waals surface area contributed by atoms with Crippen LogP contribution in [0, 0.1) is 0 Å². The van der Waals surface area contributed by atoms with E-state index >= 15 is 0 Å². The average molecular weight is 276 g/mol. The third-order valence-corrected chi connectivity index (χ3v) is 1.89. The molecule has 19 heavy (non-hydrogen) atoms. The number of rotatable bonds is 1. The van der Waals surface area contributed by atoms with E-state index in [-0.39, 0.29) is 0 Å². The summed E-state index contributed by atoms with van der Waals surface area (Å²) in [7, 11) is 0. The minimum absolute atomic E-state index is 0.352. The van der Waals surface area contributed by atoms with Crippen molar-refractivity contribution in [3.05, 3.63) is 18.1 Å². The van der Waals surface area contributed by atoms with E-state index in [2.05, 4.69) is 15.0 Å². The molecule has 0 unspecified atom stereocenters. The van der Waals surface area contributed by atoms with Gasteiger partial charge in [0.05, 0.1) is 0 Å². The number of aliphatic carboxylic acids is 1. The van der Waals surface area contributed by atoms with E-state index in [0.29, 0.717) is 18.0 Å². The highest BCUT2D eigenvalue weighted by molar-refractivity contribution is 6.40. The van der Waals surface area contributed by atoms with Crippen molar-refractivity contribution in [2.45, 2.75) is 12.6 Å². The number of nitrogens with zero attached hydrogens (tertiary/aromatic N) is 3. The van der Waals surface area contributed by atoms with Crippen molar-refractivity contribution in [2.75, 3.05) is 0 Å². The Hall–Kier alpha value is -2.52. The predicted molar refractivity (Wildman–Crippen MR) is 55.7 cm³/mol. The van der Waals surface area contributed by atoms with E-state index in [9.17, 15) is 18.0 Å². The molecule has 102 valence electrons. The fourth-order valence-corrected chi connectivity index (χ4v) is 1.07. The lowest BCUT2D eigenvalue weighted by Gasteiger charge is -1.93. The van der Waals surface area contributed by atoms with E-state index in [1.54, 1.807) is 6.20 Å². The van der Waals surface area contributed by atoms with Crippen LogP contribution in [0.2, 0.25) is 0 Å². The van der Waals surface area contributed by atoms with Crippen LogP contribution in [-0.4, -0.2) is 38.8 Å². The lowest BCUT2D eigenvalue weighted by molar-refractivity contribution is -0.192. The number of amides is 1. The minimum Gasteiger partial charge on any atom is -0.475 e. The van der Waals surface area contributed by atoms with E-state index in [1.807, 2.05) is 0 Å². The summed E-state index contributed by atoms with van der Waals surface area (Å²) in [5.41, 5.74) is 6.26. The van der Waals surface area contributed by atoms with Crippen LogP contribution in [-0.2, 0) is 16.0 Å². The summed E-state index contributed by atoms with van der Waals surface area (Å²) >= 11 is 0. The van der Waals surface area contributed by atoms with Crippen molar-refractivity contribution in [1.29, 1.82) is 0 Å². The Kier molecular flexibility index (Phi) is 4.14. The number of carbonyl (C=O) groups is 2. The second-order valence-electron chi connectivity index (χ2n) is 3.27. The molecule has 0 atom stereocenters. The fourth-order valence-electron chi connectivity index (χ4n) is 1.07. The molecule has 2 heterocycles. The number of fused-ring (bicyclic) bond motifs is 1. The summed E-state index contributed by atoms with van der Waals surface area (Å²) in [6.45, 7) is 0. The normalized spacial score (nSPS) is 12.9. The number of carboxylic acids is 1. The van der Waals surface area contributed by atoms with Crippen LogP contribution in [0.5, 0.6) is 0 Å². The number of carboxylic acid groups (broad SMARTS) is 1. The zero-order valence-corrected chi connectivity index (χ0v) is 9.18. The van der Waals surface area contributed by atoms with Crippen LogP contribution in [0.1, 0.15) is 5.56 Å². The second kappa shape index (κ2) is 5.42. The molecule has 0 saturated heterocycles. The van der Waals surface area contributed by atoms with Gasteiger partial charge in [-0.1, -0.05) is 0 Å². The molecule has 1 aromatic rings. The van der Waals surface area contributed by atoms with Gasteiger partial charge in [0, 0.05) is 18.2 Å². The van der Waals surface area contributed by atoms with Gasteiger partial charge in [0.15, 0.2) is 5.82 Å². The molecular weight excluding hydrogens is 269 g/mol. The number of carbonyl (C=O) groups excluding carboxylic acids is 1. The molecular formula is C9H7F3N4O3. The maximum absolute atomic E-state index is 10.7. The van der Waals surface area contributed by atoms with Crippen LogP contribution in [0.3, 0.4) is 0 Å². The quantitative estimate of drug-likeness (QED) is 0.760. The summed E-state index contributed by atoms with van der Waals surface area (Å²) in [4.78, 5) is 31.3. The van der Waals surface area contributed by atoms with Crippen LogP contribution in [0.4, 0.5) is 19.0 Å². The van der Waals surface area contributed by atoms with E-state index in [4.69, 9.17) is 15.6 Å². The van der Waals surface area contributed by atoms with Gasteiger partial charge in [0.2, 0.25) is 0 Å². The first-order valence-corrected chi connectivity index (χ1v) is 4.68. The van der Waals surface area contributed by atoms with Crippen LogP contribution >= 0.6 is 0 Å². The Morgan fingerprint density at radius 2 is 1.95 bits per heavy atom. The summed E-state index contributed by atoms with van der Waals surface area (Å²) in [5, 5.41) is 7.12. The van der Waals surface area contributed by atoms with Crippen LogP contribution in [0.25, 0.3) is 0 Å². The monoisotopic (exact) mass is 276 g/mol. The zero-order valence-electron chi connectivity index (χ0n) is 9.18. The molecule has 0 fully saturated rings. The fraction of sp³-hybridized carbons (Fsp3) is 0.222. The zero-order chi connectivity index (χ0) is 14.6. The van der Waals surface area contributed by atoms with Crippen molar-refractivity contribution in [1.82, 2.24) is 9.97 Å². The first kappa shape index (κ1) is 14.5. The largest absolute Gasteiger partial charge is 0.490 e. The van der Waals surface area contributed by atoms with E-state index in [0.717, 1.165) is 5.56 Å². The number of hydrogen-bond acceptors (Lipinski definition) is 5. The molecule has 1 aliphatic heterocycles. The molecule has 1 amide bonds. The third-order valence-electron chi connectivity index (χ3n) is 1.89. The number of primary amides is 1. The number of aliphatic imine (C=N–C) groups is 1. The lowest BCUT2D eigenvalue weighted by atomic mass is 10.2. The van der Waals surface area contributed by atoms with E-state index in [1.165, 1.54) is 6.33 Å². The highest BCUT2D eigenvalue weighted by Crippen LogP contribution is 2.21. The van der Waals surface area contributed by atoms with Gasteiger partial charge in [-0.15, -0.1) is 0 Å². The molecule has 0 bridgehead atoms. The average Bonchev–Trinajstić information content (AvgIpc) is 2.72. The summed E-state index contributed by atoms with van der Waals surface area (Å²) in [5.74, 6) is -2.70. The topological polar surface area (TPSA) is 119 Å². The third kappa shape index (κ3) is 4.01. The summed E-state index contributed by atoms with van der Waals surface area (Å²) in [6.07, 6.45) is -1.60. The van der Waals surface area contributed by atoms with Gasteiger partial charge >= 0.3 is 12.1 Å². The van der Waals surface area contributed by atoms with Crippen molar-refractivity contribution < 1.29 is 27.9 Å². The molecule has 1 aliphatic rings. The number of hydrogen-bond donors (Lipinski definition) is 2. The Bertz CT molecular complexity index is 542. The van der Waals surface area contributed by atoms with Crippen molar-refractivity contribution in [2.24, 2.45) is 10.7 Å². The number of alkyl halides is 3. The Morgan fingerprint density at radius 1 is 1.37 bits per heavy atom. The van der Waals surface area contributed by atoms with Gasteiger partial charge < -0.3 is 10.8 Å². The molecule has 10 heteroatoms. The number of nitrogens with two attached hydrogens (primary N) is 1. The molecule has 0 spiro atoms. The van der Waals surface area contributed by atoms with Crippen LogP contribution in [0.15, 0.2) is 17.5 Å². The van der Waals surface area contributed by atoms with Gasteiger partial charge in [0.1, 0.15) is 12.0 Å². The number of aromatic nitrogens is 2. The highest BCUT2D eigenvalue weighted by Gasteiger charge is 2.38. The molecule has 0 radical (unpaired) electrons. The predicted octanol–water partition coefficient (Wildman–Crippen LogP) is 0.224. The summed E-state index contributed by atoms with van der Waals surface area (Å²) < 4.78 is 31.7. The Balaban J connectivity index is 0.000000224. The minimum atomic E-state index is -5.08. The molecule has 1 aromatic heterocycles. The summed E-state index contributed by atoms with van der Waals surface area (Å²) in [6, 6.07) is 0. The van der Waals surface area contributed by atoms with Crippen molar-refractivity contribution in [3.8, 4) is 0 Å². The molecule has 0 aromatic carbocycles. The van der Waals surface area contributed by atoms with Gasteiger partial charge in [-0.25, -0.2) is 19.8 Å². The first-order valence-electron chi connectivity index (χ1n) is 4.68. The standard InChI is InChI=1S/C7H6N4O.C2HF3O2/c8-6(12)5-1-4-2-9-3-10-7(4)11-5;3-2(4,5)1(6)7/h2-3H,1H2,(H2,8,12);(H,6,7). The van der Waals surface area contributed by atoms with Crippen molar-refractivity contribution in [3.63, 3.8) is 0 Å². The van der Waals surface area contributed by atoms with E-state index < -0.39 is 18.1 Å². The smallest absolute Gasteiger partial charge is 0.475 e. The first-order chi connectivity index (χ1) is 8.71. The van der Waals surface area contributed by atoms with Crippen molar-refractivity contribution >= 4 is 23.4 Å². The Morgan fingerprint density at radius 3 is 2.37 bits per heavy atom. The lowest BCUT2D eigenvalue weighted by Crippen LogP contribution is -2.22. The molecule has 0 saturated carbocycles. The van der Waals surface area contributed by atoms with Gasteiger partial charge in [-0.05, 0) is 0 Å². The molecule has 2 rings (SSSR count). The maximum atomic E-state index is 10.7. The van der Waals surface area contributed by atoms with Gasteiger partial charge in [-0.3, -0.25) is 4.79 Å². The molecule has 0 aliphatic carbocycles. The molecule has 7 nitrogen and oxygen atoms in total. The second-order valence-corrected chi connectivity index (χ2v) is 3.27. The Labute approximate surface area is 104 Å². The molecule has 3 N–H and O–H groups in total.